The molecule has 0 aliphatic carbocycles. The minimum Gasteiger partial charge on any atom is -0.383 e. The first-order chi connectivity index (χ1) is 10.9. The predicted octanol–water partition coefficient (Wildman–Crippen LogP) is 3.89. The number of carbonyl (C=O) groups excluding carboxylic acids is 1. The fourth-order valence-corrected chi connectivity index (χ4v) is 2.63. The summed E-state index contributed by atoms with van der Waals surface area (Å²) in [4.78, 5) is 23.0. The monoisotopic (exact) mass is 395 g/mol. The van der Waals surface area contributed by atoms with Gasteiger partial charge in [0.25, 0.3) is 0 Å². The van der Waals surface area contributed by atoms with E-state index in [1.165, 1.54) is 17.8 Å². The van der Waals surface area contributed by atoms with Crippen LogP contribution in [0.5, 0.6) is 0 Å². The van der Waals surface area contributed by atoms with E-state index in [9.17, 15) is 9.18 Å². The molecule has 0 bridgehead atoms. The Bertz CT molecular complexity index is 765. The fraction of sp³-hybridized carbons (Fsp3) is 0.188. The van der Waals surface area contributed by atoms with Crippen molar-refractivity contribution < 1.29 is 9.18 Å². The van der Waals surface area contributed by atoms with Gasteiger partial charge >= 0.3 is 0 Å². The molecule has 0 spiro atoms. The van der Waals surface area contributed by atoms with Crippen molar-refractivity contribution in [3.05, 3.63) is 58.2 Å². The number of ketones is 1. The van der Waals surface area contributed by atoms with Crippen LogP contribution in [-0.2, 0) is 0 Å². The molecule has 4 nitrogen and oxygen atoms in total. The number of hydrogen-bond acceptors (Lipinski definition) is 5. The zero-order valence-corrected chi connectivity index (χ0v) is 15.3. The molecule has 1 heterocycles. The summed E-state index contributed by atoms with van der Waals surface area (Å²) < 4.78 is 14.5. The lowest BCUT2D eigenvalue weighted by molar-refractivity contribution is 0.105. The Morgan fingerprint density at radius 2 is 2.09 bits per heavy atom. The molecule has 0 unspecified atom stereocenters. The van der Waals surface area contributed by atoms with Gasteiger partial charge in [0, 0.05) is 26.5 Å². The lowest BCUT2D eigenvalue weighted by Crippen LogP contribution is -2.12. The molecule has 0 saturated heterocycles. The number of allylic oxidation sites excluding steroid dienone is 1. The Labute approximate surface area is 147 Å². The first-order valence-electron chi connectivity index (χ1n) is 6.68. The summed E-state index contributed by atoms with van der Waals surface area (Å²) in [6, 6.07) is 6.28. The van der Waals surface area contributed by atoms with Crippen LogP contribution in [0.25, 0.3) is 5.57 Å². The topological polar surface area (TPSA) is 46.1 Å². The molecular formula is C16H15BrFN3OS. The highest BCUT2D eigenvalue weighted by Crippen LogP contribution is 2.25. The fourth-order valence-electron chi connectivity index (χ4n) is 1.91. The van der Waals surface area contributed by atoms with Gasteiger partial charge in [-0.1, -0.05) is 17.8 Å². The Balaban J connectivity index is 2.55. The molecule has 2 aromatic rings. The highest BCUT2D eigenvalue weighted by molar-refractivity contribution is 9.10. The molecule has 0 aliphatic heterocycles. The van der Waals surface area contributed by atoms with Crippen molar-refractivity contribution in [1.82, 2.24) is 14.9 Å². The van der Waals surface area contributed by atoms with E-state index >= 15 is 0 Å². The van der Waals surface area contributed by atoms with Gasteiger partial charge in [0.05, 0.1) is 21.3 Å². The maximum atomic E-state index is 14.3. The number of halogens is 2. The Kier molecular flexibility index (Phi) is 5.90. The minimum absolute atomic E-state index is 0.00297. The van der Waals surface area contributed by atoms with Crippen molar-refractivity contribution in [2.24, 2.45) is 0 Å². The van der Waals surface area contributed by atoms with Gasteiger partial charge < -0.3 is 4.90 Å². The molecule has 0 saturated carbocycles. The number of Topliss-reactive ketones (excluding diaryl/α,β-unsaturated/α-hetero) is 1. The average Bonchev–Trinajstić information content (AvgIpc) is 2.54. The molecule has 0 aliphatic rings. The smallest absolute Gasteiger partial charge is 0.199 e. The number of thioether (sulfide) groups is 1. The highest BCUT2D eigenvalue weighted by Gasteiger charge is 2.21. The molecule has 0 radical (unpaired) electrons. The first kappa shape index (κ1) is 17.6. The summed E-state index contributed by atoms with van der Waals surface area (Å²) in [7, 11) is 3.59. The third-order valence-corrected chi connectivity index (χ3v) is 4.09. The van der Waals surface area contributed by atoms with Crippen LogP contribution in [0.15, 0.2) is 46.3 Å². The van der Waals surface area contributed by atoms with E-state index in [1.807, 2.05) is 6.26 Å². The largest absolute Gasteiger partial charge is 0.383 e. The second kappa shape index (κ2) is 7.70. The summed E-state index contributed by atoms with van der Waals surface area (Å²) in [5.41, 5.74) is 0.768. The summed E-state index contributed by atoms with van der Waals surface area (Å²) in [6.07, 6.45) is 5.07. The van der Waals surface area contributed by atoms with E-state index in [0.717, 1.165) is 0 Å². The molecule has 1 aromatic carbocycles. The van der Waals surface area contributed by atoms with E-state index in [0.29, 0.717) is 16.4 Å². The highest BCUT2D eigenvalue weighted by atomic mass is 79.9. The zero-order valence-electron chi connectivity index (χ0n) is 12.9. The van der Waals surface area contributed by atoms with Gasteiger partial charge in [0.1, 0.15) is 5.82 Å². The molecule has 0 amide bonds. The van der Waals surface area contributed by atoms with Crippen molar-refractivity contribution in [3.63, 3.8) is 0 Å². The molecule has 0 N–H and O–H groups in total. The second-order valence-electron chi connectivity index (χ2n) is 4.87. The lowest BCUT2D eigenvalue weighted by Gasteiger charge is -2.12. The molecule has 1 aromatic heterocycles. The summed E-state index contributed by atoms with van der Waals surface area (Å²) >= 11 is 4.48. The van der Waals surface area contributed by atoms with Crippen LogP contribution in [0.1, 0.15) is 16.1 Å². The summed E-state index contributed by atoms with van der Waals surface area (Å²) in [5.74, 6) is -1.01. The van der Waals surface area contributed by atoms with Crippen molar-refractivity contribution in [3.8, 4) is 0 Å². The molecular weight excluding hydrogens is 381 g/mol. The minimum atomic E-state index is -0.582. The van der Waals surface area contributed by atoms with Crippen molar-refractivity contribution >= 4 is 39.0 Å². The third kappa shape index (κ3) is 4.17. The van der Waals surface area contributed by atoms with Crippen LogP contribution in [0.4, 0.5) is 4.39 Å². The van der Waals surface area contributed by atoms with Gasteiger partial charge in [-0.25, -0.2) is 14.4 Å². The van der Waals surface area contributed by atoms with E-state index in [4.69, 9.17) is 0 Å². The molecule has 120 valence electrons. The number of carbonyl (C=O) groups is 1. The molecule has 0 atom stereocenters. The van der Waals surface area contributed by atoms with E-state index in [-0.39, 0.29) is 10.0 Å². The predicted molar refractivity (Wildman–Crippen MR) is 93.9 cm³/mol. The average molecular weight is 396 g/mol. The number of rotatable bonds is 5. The van der Waals surface area contributed by atoms with Crippen LogP contribution in [-0.4, -0.2) is 41.0 Å². The number of nitrogens with zero attached hydrogens (tertiary/aromatic N) is 3. The molecule has 7 heteroatoms. The first-order valence-corrected chi connectivity index (χ1v) is 8.70. The van der Waals surface area contributed by atoms with E-state index < -0.39 is 11.6 Å². The van der Waals surface area contributed by atoms with Gasteiger partial charge in [0.15, 0.2) is 10.9 Å². The maximum absolute atomic E-state index is 14.3. The van der Waals surface area contributed by atoms with Crippen molar-refractivity contribution in [2.45, 2.75) is 5.16 Å². The van der Waals surface area contributed by atoms with Crippen LogP contribution >= 0.6 is 27.7 Å². The second-order valence-corrected chi connectivity index (χ2v) is 6.49. The van der Waals surface area contributed by atoms with Crippen LogP contribution < -0.4 is 0 Å². The maximum Gasteiger partial charge on any atom is 0.199 e. The van der Waals surface area contributed by atoms with E-state index in [1.54, 1.807) is 49.6 Å². The summed E-state index contributed by atoms with van der Waals surface area (Å²) in [6.45, 7) is 0. The van der Waals surface area contributed by atoms with E-state index in [2.05, 4.69) is 25.9 Å². The van der Waals surface area contributed by atoms with Gasteiger partial charge in [-0.3, -0.25) is 4.79 Å². The van der Waals surface area contributed by atoms with Gasteiger partial charge in [0.2, 0.25) is 0 Å². The van der Waals surface area contributed by atoms with Crippen molar-refractivity contribution in [1.29, 1.82) is 0 Å². The van der Waals surface area contributed by atoms with Gasteiger partial charge in [-0.05, 0) is 40.4 Å². The summed E-state index contributed by atoms with van der Waals surface area (Å²) in [5, 5.41) is 0.551. The van der Waals surface area contributed by atoms with Gasteiger partial charge in [-0.15, -0.1) is 0 Å². The zero-order chi connectivity index (χ0) is 17.0. The number of aromatic nitrogens is 2. The number of benzene rings is 1. The van der Waals surface area contributed by atoms with Crippen molar-refractivity contribution in [2.75, 3.05) is 20.4 Å². The molecule has 0 fully saturated rings. The molecule has 2 rings (SSSR count). The number of hydrogen-bond donors (Lipinski definition) is 0. The molecule has 23 heavy (non-hydrogen) atoms. The lowest BCUT2D eigenvalue weighted by atomic mass is 10.0. The standard InChI is InChI=1S/C16H15BrFN3OS/c1-21(2)9-11(13-7-8-19-16(20-13)23-3)15(22)10-5-4-6-12(17)14(10)18/h4-9H,1-3H3/b11-9+. The quantitative estimate of drug-likeness (QED) is 0.332. The Morgan fingerprint density at radius 1 is 1.35 bits per heavy atom. The Morgan fingerprint density at radius 3 is 2.74 bits per heavy atom. The Hall–Kier alpha value is -1.73. The normalized spacial score (nSPS) is 11.4. The van der Waals surface area contributed by atoms with Crippen LogP contribution in [0, 0.1) is 5.82 Å². The third-order valence-electron chi connectivity index (χ3n) is 2.92. The van der Waals surface area contributed by atoms with Gasteiger partial charge in [-0.2, -0.15) is 0 Å². The van der Waals surface area contributed by atoms with Crippen LogP contribution in [0.3, 0.4) is 0 Å². The SMILES string of the molecule is CSc1nccc(/C(=C\N(C)C)C(=O)c2cccc(Br)c2F)n1. The van der Waals surface area contributed by atoms with Crippen LogP contribution in [0.2, 0.25) is 0 Å².